The molecule has 2 nitrogen and oxygen atoms in total. The third-order valence-electron chi connectivity index (χ3n) is 0.807. The van der Waals surface area contributed by atoms with Crippen LogP contribution < -0.4 is 0 Å². The molecule has 0 aliphatic rings. The zero-order valence-corrected chi connectivity index (χ0v) is 6.18. The predicted octanol–water partition coefficient (Wildman–Crippen LogP) is 1.13. The van der Waals surface area contributed by atoms with Crippen LogP contribution in [-0.2, 0) is 9.53 Å². The van der Waals surface area contributed by atoms with E-state index in [4.69, 9.17) is 4.74 Å². The predicted molar refractivity (Wildman–Crippen MR) is 39.2 cm³/mol. The zero-order chi connectivity index (χ0) is 7.98. The minimum atomic E-state index is -0.435. The van der Waals surface area contributed by atoms with E-state index in [1.165, 1.54) is 0 Å². The fourth-order valence-electron chi connectivity index (χ4n) is 0.455. The first kappa shape index (κ1) is 8.77. The monoisotopic (exact) mass is 138 g/mol. The van der Waals surface area contributed by atoms with Gasteiger partial charge in [-0.3, -0.25) is 0 Å². The fraction of sp³-hybridized carbons (Fsp3) is 0.375. The summed E-state index contributed by atoms with van der Waals surface area (Å²) in [7, 11) is 0. The van der Waals surface area contributed by atoms with Crippen molar-refractivity contribution in [2.75, 3.05) is 0 Å². The molecular weight excluding hydrogens is 128 g/mol. The van der Waals surface area contributed by atoms with Gasteiger partial charge in [-0.25, -0.2) is 4.79 Å². The van der Waals surface area contributed by atoms with Gasteiger partial charge in [0, 0.05) is 6.08 Å². The molecule has 0 saturated carbocycles. The van der Waals surface area contributed by atoms with Gasteiger partial charge in [-0.15, -0.1) is 5.92 Å². The lowest BCUT2D eigenvalue weighted by Gasteiger charge is -2.02. The van der Waals surface area contributed by atoms with Crippen molar-refractivity contribution in [1.82, 2.24) is 0 Å². The highest BCUT2D eigenvalue weighted by molar-refractivity contribution is 5.81. The quantitative estimate of drug-likeness (QED) is 0.325. The summed E-state index contributed by atoms with van der Waals surface area (Å²) in [5.74, 6) is 4.87. The Balaban J connectivity index is 3.75. The van der Waals surface area contributed by atoms with Gasteiger partial charge in [0.2, 0.25) is 0 Å². The average Bonchev–Trinajstić information content (AvgIpc) is 1.88. The van der Waals surface area contributed by atoms with Crippen LogP contribution in [0.2, 0.25) is 0 Å². The van der Waals surface area contributed by atoms with E-state index in [-0.39, 0.29) is 6.10 Å². The lowest BCUT2D eigenvalue weighted by atomic mass is 10.4. The van der Waals surface area contributed by atoms with E-state index in [0.29, 0.717) is 0 Å². The Morgan fingerprint density at radius 3 is 2.80 bits per heavy atom. The van der Waals surface area contributed by atoms with E-state index in [2.05, 4.69) is 18.4 Å². The Morgan fingerprint density at radius 2 is 2.40 bits per heavy atom. The molecule has 0 saturated heterocycles. The number of ether oxygens (including phenoxy) is 1. The maximum absolute atomic E-state index is 10.5. The molecule has 0 aromatic carbocycles. The van der Waals surface area contributed by atoms with Crippen LogP contribution in [0, 0.1) is 11.8 Å². The van der Waals surface area contributed by atoms with Crippen LogP contribution in [-0.4, -0.2) is 12.1 Å². The third kappa shape index (κ3) is 3.73. The van der Waals surface area contributed by atoms with Crippen LogP contribution in [0.4, 0.5) is 0 Å². The first-order valence-electron chi connectivity index (χ1n) is 2.96. The van der Waals surface area contributed by atoms with Crippen LogP contribution in [0.25, 0.3) is 0 Å². The molecule has 0 aromatic heterocycles. The summed E-state index contributed by atoms with van der Waals surface area (Å²) in [6.07, 6.45) is 0.781. The van der Waals surface area contributed by atoms with E-state index in [1.807, 2.05) is 0 Å². The minimum Gasteiger partial charge on any atom is -0.446 e. The fourth-order valence-corrected chi connectivity index (χ4v) is 0.455. The van der Waals surface area contributed by atoms with Crippen LogP contribution in [0.15, 0.2) is 12.7 Å². The van der Waals surface area contributed by atoms with Crippen molar-refractivity contribution in [3.63, 3.8) is 0 Å². The van der Waals surface area contributed by atoms with Gasteiger partial charge in [-0.1, -0.05) is 12.5 Å². The van der Waals surface area contributed by atoms with Crippen molar-refractivity contribution in [2.24, 2.45) is 0 Å². The molecule has 10 heavy (non-hydrogen) atoms. The standard InChI is InChI=1S/C8H10O2/c1-4-6-7(3)10-8(9)5-2/h5,7H,2H2,1,3H3. The molecule has 0 aliphatic carbocycles. The highest BCUT2D eigenvalue weighted by Crippen LogP contribution is 1.88. The number of hydrogen-bond donors (Lipinski definition) is 0. The molecule has 54 valence electrons. The first-order valence-corrected chi connectivity index (χ1v) is 2.96. The lowest BCUT2D eigenvalue weighted by molar-refractivity contribution is -0.139. The molecule has 0 N–H and O–H groups in total. The normalized spacial score (nSPS) is 10.6. The third-order valence-corrected chi connectivity index (χ3v) is 0.807. The molecule has 0 rings (SSSR count). The van der Waals surface area contributed by atoms with Crippen molar-refractivity contribution >= 4 is 5.97 Å². The van der Waals surface area contributed by atoms with Gasteiger partial charge in [-0.2, -0.15) is 0 Å². The first-order chi connectivity index (χ1) is 4.70. The van der Waals surface area contributed by atoms with E-state index >= 15 is 0 Å². The summed E-state index contributed by atoms with van der Waals surface area (Å²) < 4.78 is 4.71. The summed E-state index contributed by atoms with van der Waals surface area (Å²) in [4.78, 5) is 10.5. The Morgan fingerprint density at radius 1 is 1.80 bits per heavy atom. The van der Waals surface area contributed by atoms with Crippen molar-refractivity contribution in [3.8, 4) is 11.8 Å². The van der Waals surface area contributed by atoms with Gasteiger partial charge in [0.05, 0.1) is 0 Å². The molecule has 0 aromatic rings. The minimum absolute atomic E-state index is 0.338. The average molecular weight is 138 g/mol. The second-order valence-electron chi connectivity index (χ2n) is 1.68. The summed E-state index contributed by atoms with van der Waals surface area (Å²) in [6, 6.07) is 0. The second kappa shape index (κ2) is 4.63. The Bertz CT molecular complexity index is 183. The SMILES string of the molecule is C=CC(=O)OC(C)C#CC. The molecule has 0 heterocycles. The number of esters is 1. The number of carbonyl (C=O) groups is 1. The molecule has 0 bridgehead atoms. The Labute approximate surface area is 60.9 Å². The summed E-state index contributed by atoms with van der Waals surface area (Å²) >= 11 is 0. The summed E-state index contributed by atoms with van der Waals surface area (Å²) in [5.41, 5.74) is 0. The van der Waals surface area contributed by atoms with Gasteiger partial charge in [0.15, 0.2) is 6.10 Å². The van der Waals surface area contributed by atoms with Gasteiger partial charge in [0.1, 0.15) is 0 Å². The molecule has 0 aliphatic heterocycles. The maximum atomic E-state index is 10.5. The topological polar surface area (TPSA) is 26.3 Å². The second-order valence-corrected chi connectivity index (χ2v) is 1.68. The highest BCUT2D eigenvalue weighted by atomic mass is 16.5. The Hall–Kier alpha value is -1.23. The Kier molecular flexibility index (Phi) is 4.06. The van der Waals surface area contributed by atoms with Crippen molar-refractivity contribution in [3.05, 3.63) is 12.7 Å². The number of hydrogen-bond acceptors (Lipinski definition) is 2. The van der Waals surface area contributed by atoms with E-state index in [0.717, 1.165) is 6.08 Å². The summed E-state index contributed by atoms with van der Waals surface area (Å²) in [6.45, 7) is 6.65. The molecule has 0 amide bonds. The molecule has 1 atom stereocenters. The van der Waals surface area contributed by atoms with Crippen molar-refractivity contribution < 1.29 is 9.53 Å². The lowest BCUT2D eigenvalue weighted by Crippen LogP contribution is -2.09. The van der Waals surface area contributed by atoms with Gasteiger partial charge in [0.25, 0.3) is 0 Å². The molecule has 0 spiro atoms. The maximum Gasteiger partial charge on any atom is 0.331 e. The van der Waals surface area contributed by atoms with Crippen LogP contribution in [0.3, 0.4) is 0 Å². The van der Waals surface area contributed by atoms with Gasteiger partial charge >= 0.3 is 5.97 Å². The van der Waals surface area contributed by atoms with Crippen LogP contribution in [0.1, 0.15) is 13.8 Å². The molecule has 0 fully saturated rings. The number of carbonyl (C=O) groups excluding carboxylic acids is 1. The van der Waals surface area contributed by atoms with E-state index in [9.17, 15) is 4.79 Å². The van der Waals surface area contributed by atoms with Crippen molar-refractivity contribution in [2.45, 2.75) is 20.0 Å². The van der Waals surface area contributed by atoms with Crippen molar-refractivity contribution in [1.29, 1.82) is 0 Å². The van der Waals surface area contributed by atoms with Gasteiger partial charge < -0.3 is 4.74 Å². The van der Waals surface area contributed by atoms with E-state index < -0.39 is 5.97 Å². The highest BCUT2D eigenvalue weighted by Gasteiger charge is 1.99. The molecule has 0 radical (unpaired) electrons. The molecule has 2 heteroatoms. The zero-order valence-electron chi connectivity index (χ0n) is 6.18. The molecular formula is C8H10O2. The van der Waals surface area contributed by atoms with Crippen LogP contribution >= 0.6 is 0 Å². The molecule has 1 unspecified atom stereocenters. The van der Waals surface area contributed by atoms with Crippen LogP contribution in [0.5, 0.6) is 0 Å². The number of rotatable bonds is 2. The largest absolute Gasteiger partial charge is 0.446 e. The van der Waals surface area contributed by atoms with E-state index in [1.54, 1.807) is 13.8 Å². The smallest absolute Gasteiger partial charge is 0.331 e. The summed E-state index contributed by atoms with van der Waals surface area (Å²) in [5, 5.41) is 0. The van der Waals surface area contributed by atoms with Gasteiger partial charge in [-0.05, 0) is 13.8 Å².